The molecule has 2 aromatic heterocycles. The van der Waals surface area contributed by atoms with E-state index in [1.54, 1.807) is 24.4 Å². The third kappa shape index (κ3) is 2.95. The topological polar surface area (TPSA) is 66.0 Å². The predicted octanol–water partition coefficient (Wildman–Crippen LogP) is 4.37. The average molecular weight is 369 g/mol. The van der Waals surface area contributed by atoms with Crippen molar-refractivity contribution >= 4 is 28.5 Å². The fourth-order valence-electron chi connectivity index (χ4n) is 2.78. The molecule has 0 aliphatic carbocycles. The number of halogens is 2. The van der Waals surface area contributed by atoms with E-state index >= 15 is 0 Å². The number of rotatable bonds is 4. The summed E-state index contributed by atoms with van der Waals surface area (Å²) in [7, 11) is 0. The highest BCUT2D eigenvalue weighted by Gasteiger charge is 2.11. The summed E-state index contributed by atoms with van der Waals surface area (Å²) < 4.78 is 21.8. The van der Waals surface area contributed by atoms with Gasteiger partial charge in [0.1, 0.15) is 24.0 Å². The molecule has 5 nitrogen and oxygen atoms in total. The summed E-state index contributed by atoms with van der Waals surface area (Å²) in [6, 6.07) is 14.2. The van der Waals surface area contributed by atoms with E-state index in [-0.39, 0.29) is 17.6 Å². The highest BCUT2D eigenvalue weighted by molar-refractivity contribution is 6.30. The van der Waals surface area contributed by atoms with Crippen LogP contribution in [-0.2, 0) is 6.61 Å². The maximum Gasteiger partial charge on any atom is 0.221 e. The van der Waals surface area contributed by atoms with Crippen LogP contribution in [0.2, 0.25) is 5.02 Å². The van der Waals surface area contributed by atoms with Crippen LogP contribution in [0.1, 0.15) is 5.56 Å². The van der Waals surface area contributed by atoms with E-state index in [1.165, 1.54) is 6.07 Å². The zero-order chi connectivity index (χ0) is 18.1. The molecule has 0 saturated carbocycles. The van der Waals surface area contributed by atoms with Crippen molar-refractivity contribution in [2.75, 3.05) is 5.73 Å². The lowest BCUT2D eigenvalue weighted by atomic mass is 10.2. The Morgan fingerprint density at radius 1 is 1.12 bits per heavy atom. The number of nitrogen functional groups attached to an aromatic ring is 1. The maximum atomic E-state index is 14.0. The van der Waals surface area contributed by atoms with Gasteiger partial charge in [-0.3, -0.25) is 0 Å². The number of aromatic nitrogens is 3. The van der Waals surface area contributed by atoms with Gasteiger partial charge in [0.2, 0.25) is 5.95 Å². The van der Waals surface area contributed by atoms with Crippen LogP contribution in [0.15, 0.2) is 60.9 Å². The number of ether oxygens (including phenoxy) is 1. The van der Waals surface area contributed by atoms with Crippen molar-refractivity contribution in [3.8, 4) is 11.6 Å². The van der Waals surface area contributed by atoms with Gasteiger partial charge >= 0.3 is 0 Å². The Kier molecular flexibility index (Phi) is 4.18. The van der Waals surface area contributed by atoms with Gasteiger partial charge in [0.15, 0.2) is 0 Å². The zero-order valence-corrected chi connectivity index (χ0v) is 14.3. The summed E-state index contributed by atoms with van der Waals surface area (Å²) in [6.07, 6.45) is 3.48. The summed E-state index contributed by atoms with van der Waals surface area (Å²) in [4.78, 5) is 8.14. The summed E-state index contributed by atoms with van der Waals surface area (Å²) in [5.74, 6) is 1.04. The monoisotopic (exact) mass is 368 g/mol. The van der Waals surface area contributed by atoms with Gasteiger partial charge in [0.05, 0.1) is 10.5 Å². The van der Waals surface area contributed by atoms with Gasteiger partial charge in [-0.15, -0.1) is 0 Å². The Morgan fingerprint density at radius 2 is 1.96 bits per heavy atom. The normalized spacial score (nSPS) is 11.0. The predicted molar refractivity (Wildman–Crippen MR) is 99.0 cm³/mol. The van der Waals surface area contributed by atoms with Crippen LogP contribution in [0, 0.1) is 5.82 Å². The molecule has 0 fully saturated rings. The molecular weight excluding hydrogens is 355 g/mol. The number of hydrogen-bond acceptors (Lipinski definition) is 4. The molecule has 0 saturated heterocycles. The minimum absolute atomic E-state index is 0.0804. The van der Waals surface area contributed by atoms with E-state index in [4.69, 9.17) is 22.1 Å². The number of nitrogens with two attached hydrogens (primary N) is 1. The lowest BCUT2D eigenvalue weighted by Gasteiger charge is -2.10. The SMILES string of the molecule is Nc1nccc(-n2ccc3c(OCc4cccc(Cl)c4F)cccc32)n1. The van der Waals surface area contributed by atoms with Crippen LogP contribution >= 0.6 is 11.6 Å². The van der Waals surface area contributed by atoms with Crippen molar-refractivity contribution in [3.05, 3.63) is 77.3 Å². The summed E-state index contributed by atoms with van der Waals surface area (Å²) in [6.45, 7) is 0.0805. The first-order valence-corrected chi connectivity index (χ1v) is 8.26. The van der Waals surface area contributed by atoms with Gasteiger partial charge in [-0.2, -0.15) is 4.98 Å². The van der Waals surface area contributed by atoms with E-state index in [0.29, 0.717) is 17.1 Å². The van der Waals surface area contributed by atoms with Gasteiger partial charge in [-0.05, 0) is 30.3 Å². The number of fused-ring (bicyclic) bond motifs is 1. The third-order valence-corrected chi connectivity index (χ3v) is 4.31. The molecule has 26 heavy (non-hydrogen) atoms. The van der Waals surface area contributed by atoms with E-state index in [9.17, 15) is 4.39 Å². The number of hydrogen-bond donors (Lipinski definition) is 1. The van der Waals surface area contributed by atoms with Gasteiger partial charge < -0.3 is 15.0 Å². The van der Waals surface area contributed by atoms with Crippen LogP contribution in [0.4, 0.5) is 10.3 Å². The highest BCUT2D eigenvalue weighted by atomic mass is 35.5. The average Bonchev–Trinajstić information content (AvgIpc) is 3.08. The lowest BCUT2D eigenvalue weighted by Crippen LogP contribution is -2.01. The quantitative estimate of drug-likeness (QED) is 0.580. The van der Waals surface area contributed by atoms with Crippen molar-refractivity contribution in [2.45, 2.75) is 6.61 Å². The molecule has 4 aromatic rings. The molecule has 2 heterocycles. The van der Waals surface area contributed by atoms with E-state index in [1.807, 2.05) is 35.0 Å². The van der Waals surface area contributed by atoms with Crippen LogP contribution in [0.3, 0.4) is 0 Å². The molecule has 130 valence electrons. The van der Waals surface area contributed by atoms with E-state index in [0.717, 1.165) is 10.9 Å². The molecule has 0 unspecified atom stereocenters. The van der Waals surface area contributed by atoms with Gasteiger partial charge in [0, 0.05) is 23.3 Å². The van der Waals surface area contributed by atoms with E-state index < -0.39 is 5.82 Å². The molecule has 0 aliphatic heterocycles. The molecule has 4 rings (SSSR count). The van der Waals surface area contributed by atoms with Gasteiger partial charge in [0.25, 0.3) is 0 Å². The molecule has 0 aliphatic rings. The molecular formula is C19H14ClFN4O. The van der Waals surface area contributed by atoms with Crippen molar-refractivity contribution < 1.29 is 9.13 Å². The fraction of sp³-hybridized carbons (Fsp3) is 0.0526. The highest BCUT2D eigenvalue weighted by Crippen LogP contribution is 2.29. The molecule has 7 heteroatoms. The molecule has 0 bridgehead atoms. The molecule has 0 atom stereocenters. The molecule has 0 radical (unpaired) electrons. The Hall–Kier alpha value is -3.12. The fourth-order valence-corrected chi connectivity index (χ4v) is 2.97. The van der Waals surface area contributed by atoms with E-state index in [2.05, 4.69) is 9.97 Å². The number of benzene rings is 2. The smallest absolute Gasteiger partial charge is 0.221 e. The molecule has 0 amide bonds. The molecule has 0 spiro atoms. The van der Waals surface area contributed by atoms with Crippen LogP contribution in [0.5, 0.6) is 5.75 Å². The maximum absolute atomic E-state index is 14.0. The molecule has 2 aromatic carbocycles. The number of anilines is 1. The van der Waals surface area contributed by atoms with Crippen molar-refractivity contribution in [2.24, 2.45) is 0 Å². The Balaban J connectivity index is 1.68. The van der Waals surface area contributed by atoms with Gasteiger partial charge in [-0.1, -0.05) is 29.8 Å². The number of nitrogens with zero attached hydrogens (tertiary/aromatic N) is 3. The third-order valence-electron chi connectivity index (χ3n) is 4.01. The second kappa shape index (κ2) is 6.65. The summed E-state index contributed by atoms with van der Waals surface area (Å²) in [5.41, 5.74) is 6.97. The van der Waals surface area contributed by atoms with Crippen LogP contribution in [0.25, 0.3) is 16.7 Å². The lowest BCUT2D eigenvalue weighted by molar-refractivity contribution is 0.303. The van der Waals surface area contributed by atoms with Crippen LogP contribution < -0.4 is 10.5 Å². The Labute approximate surface area is 153 Å². The van der Waals surface area contributed by atoms with Gasteiger partial charge in [-0.25, -0.2) is 9.37 Å². The molecule has 2 N–H and O–H groups in total. The van der Waals surface area contributed by atoms with Crippen molar-refractivity contribution in [1.29, 1.82) is 0 Å². The second-order valence-corrected chi connectivity index (χ2v) is 6.06. The summed E-state index contributed by atoms with van der Waals surface area (Å²) in [5, 5.41) is 0.962. The first-order valence-electron chi connectivity index (χ1n) is 7.88. The van der Waals surface area contributed by atoms with Crippen LogP contribution in [-0.4, -0.2) is 14.5 Å². The minimum atomic E-state index is -0.463. The van der Waals surface area contributed by atoms with Crippen molar-refractivity contribution in [3.63, 3.8) is 0 Å². The zero-order valence-electron chi connectivity index (χ0n) is 13.6. The Bertz CT molecular complexity index is 1100. The largest absolute Gasteiger partial charge is 0.488 e. The van der Waals surface area contributed by atoms with Crippen molar-refractivity contribution in [1.82, 2.24) is 14.5 Å². The second-order valence-electron chi connectivity index (χ2n) is 5.65. The minimum Gasteiger partial charge on any atom is -0.488 e. The first-order chi connectivity index (χ1) is 12.6. The summed E-state index contributed by atoms with van der Waals surface area (Å²) >= 11 is 5.82. The standard InChI is InChI=1S/C19H14ClFN4O/c20-14-4-1-3-12(18(14)21)11-26-16-6-2-5-15-13(16)8-10-25(15)17-7-9-23-19(22)24-17/h1-10H,11H2,(H2,22,23,24). The Morgan fingerprint density at radius 3 is 2.81 bits per heavy atom. The first kappa shape index (κ1) is 16.4.